The molecule has 5 N–H and O–H groups in total. The number of hydrogen-bond acceptors (Lipinski definition) is 3. The van der Waals surface area contributed by atoms with Gasteiger partial charge in [-0.1, -0.05) is 0 Å². The molecular formula is C10H31N3O2+2. The van der Waals surface area contributed by atoms with Gasteiger partial charge in [-0.3, -0.25) is 0 Å². The molecular weight excluding hydrogens is 194 g/mol. The third-order valence-corrected chi connectivity index (χ3v) is 1.54. The summed E-state index contributed by atoms with van der Waals surface area (Å²) in [5, 5.41) is 16.8. The smallest absolute Gasteiger partial charge is 0.101 e. The summed E-state index contributed by atoms with van der Waals surface area (Å²) >= 11 is 0. The van der Waals surface area contributed by atoms with Crippen LogP contribution in [-0.4, -0.2) is 87.8 Å². The van der Waals surface area contributed by atoms with Crippen molar-refractivity contribution in [3.63, 3.8) is 0 Å². The van der Waals surface area contributed by atoms with E-state index in [-0.39, 0.29) is 19.4 Å². The lowest BCUT2D eigenvalue weighted by molar-refractivity contribution is -0.870. The van der Waals surface area contributed by atoms with Crippen LogP contribution in [0.4, 0.5) is 0 Å². The van der Waals surface area contributed by atoms with Gasteiger partial charge in [-0.2, -0.15) is 0 Å². The van der Waals surface area contributed by atoms with Crippen LogP contribution in [0.5, 0.6) is 0 Å². The average Bonchev–Trinajstić information content (AvgIpc) is 1.81. The van der Waals surface area contributed by atoms with Crippen molar-refractivity contribution in [1.82, 2.24) is 6.15 Å². The highest BCUT2D eigenvalue weighted by Crippen LogP contribution is 1.85. The molecule has 0 unspecified atom stereocenters. The molecule has 5 nitrogen and oxygen atoms in total. The molecule has 0 aliphatic rings. The van der Waals surface area contributed by atoms with E-state index in [4.69, 9.17) is 10.2 Å². The Hall–Kier alpha value is -0.200. The summed E-state index contributed by atoms with van der Waals surface area (Å²) in [5.74, 6) is 0. The van der Waals surface area contributed by atoms with Gasteiger partial charge in [-0.15, -0.1) is 0 Å². The van der Waals surface area contributed by atoms with Crippen LogP contribution in [0.3, 0.4) is 0 Å². The van der Waals surface area contributed by atoms with Crippen molar-refractivity contribution in [3.05, 3.63) is 0 Å². The van der Waals surface area contributed by atoms with Crippen LogP contribution >= 0.6 is 0 Å². The van der Waals surface area contributed by atoms with Gasteiger partial charge in [-0.25, -0.2) is 0 Å². The van der Waals surface area contributed by atoms with E-state index < -0.39 is 0 Å². The van der Waals surface area contributed by atoms with Crippen LogP contribution in [-0.2, 0) is 0 Å². The van der Waals surface area contributed by atoms with Gasteiger partial charge >= 0.3 is 0 Å². The molecule has 0 saturated carbocycles. The number of aliphatic hydroxyl groups is 2. The number of nitrogens with zero attached hydrogens (tertiary/aromatic N) is 2. The second-order valence-electron chi connectivity index (χ2n) is 5.48. The molecule has 0 aliphatic heterocycles. The molecule has 0 atom stereocenters. The Morgan fingerprint density at radius 1 is 0.667 bits per heavy atom. The Kier molecular flexibility index (Phi) is 12.2. The standard InChI is InChI=1S/2C5H14NO.H3N/c2*1-6(2,3)4-5-7;/h2*7H,4-5H2,1-3H3;1H3/q2*+1;. The zero-order chi connectivity index (χ0) is 11.8. The predicted molar refractivity (Wildman–Crippen MR) is 65.0 cm³/mol. The molecule has 15 heavy (non-hydrogen) atoms. The highest BCUT2D eigenvalue weighted by Gasteiger charge is 2.02. The summed E-state index contributed by atoms with van der Waals surface area (Å²) in [6, 6.07) is 0. The van der Waals surface area contributed by atoms with Crippen LogP contribution in [0.2, 0.25) is 0 Å². The van der Waals surface area contributed by atoms with Crippen LogP contribution < -0.4 is 6.15 Å². The molecule has 96 valence electrons. The van der Waals surface area contributed by atoms with Gasteiger partial charge in [0.1, 0.15) is 13.1 Å². The third-order valence-electron chi connectivity index (χ3n) is 1.54. The number of quaternary nitrogens is 2. The highest BCUT2D eigenvalue weighted by atomic mass is 16.3. The van der Waals surface area contributed by atoms with Crippen molar-refractivity contribution in [1.29, 1.82) is 0 Å². The molecule has 0 aromatic rings. The van der Waals surface area contributed by atoms with E-state index in [2.05, 4.69) is 42.3 Å². The van der Waals surface area contributed by atoms with Gasteiger partial charge in [-0.05, 0) is 0 Å². The number of rotatable bonds is 4. The maximum Gasteiger partial charge on any atom is 0.101 e. The highest BCUT2D eigenvalue weighted by molar-refractivity contribution is 4.19. The first-order valence-corrected chi connectivity index (χ1v) is 4.95. The first-order chi connectivity index (χ1) is 6.12. The summed E-state index contributed by atoms with van der Waals surface area (Å²) in [6.07, 6.45) is 0. The van der Waals surface area contributed by atoms with E-state index in [1.807, 2.05) is 0 Å². The van der Waals surface area contributed by atoms with E-state index >= 15 is 0 Å². The van der Waals surface area contributed by atoms with Gasteiger partial charge in [0.05, 0.1) is 55.5 Å². The fourth-order valence-electron chi connectivity index (χ4n) is 0.600. The summed E-state index contributed by atoms with van der Waals surface area (Å²) in [6.45, 7) is 2.23. The second kappa shape index (κ2) is 9.06. The average molecular weight is 225 g/mol. The van der Waals surface area contributed by atoms with Crippen molar-refractivity contribution < 1.29 is 19.2 Å². The minimum Gasteiger partial charge on any atom is -0.391 e. The number of hydrogen-bond donors (Lipinski definition) is 3. The van der Waals surface area contributed by atoms with Gasteiger partial charge in [0.25, 0.3) is 0 Å². The lowest BCUT2D eigenvalue weighted by Crippen LogP contribution is -2.36. The molecule has 0 spiro atoms. The van der Waals surface area contributed by atoms with Crippen molar-refractivity contribution >= 4 is 0 Å². The maximum atomic E-state index is 8.39. The molecule has 0 heterocycles. The van der Waals surface area contributed by atoms with Gasteiger partial charge in [0.15, 0.2) is 0 Å². The number of aliphatic hydroxyl groups excluding tert-OH is 2. The lowest BCUT2D eigenvalue weighted by Gasteiger charge is -2.21. The van der Waals surface area contributed by atoms with Gasteiger partial charge in [0.2, 0.25) is 0 Å². The second-order valence-corrected chi connectivity index (χ2v) is 5.48. The van der Waals surface area contributed by atoms with E-state index in [0.717, 1.165) is 22.1 Å². The molecule has 0 rings (SSSR count). The normalized spacial score (nSPS) is 11.2. The largest absolute Gasteiger partial charge is 0.391 e. The Bertz CT molecular complexity index is 112. The molecule has 0 fully saturated rings. The molecule has 0 aromatic heterocycles. The summed E-state index contributed by atoms with van der Waals surface area (Å²) in [4.78, 5) is 0. The Balaban J connectivity index is -0.000000180. The zero-order valence-electron chi connectivity index (χ0n) is 11.3. The fraction of sp³-hybridized carbons (Fsp3) is 1.00. The molecule has 0 aromatic carbocycles. The lowest BCUT2D eigenvalue weighted by atomic mass is 10.5. The minimum absolute atomic E-state index is 0. The van der Waals surface area contributed by atoms with Crippen LogP contribution in [0.15, 0.2) is 0 Å². The van der Waals surface area contributed by atoms with Crippen molar-refractivity contribution in [3.8, 4) is 0 Å². The zero-order valence-corrected chi connectivity index (χ0v) is 11.3. The molecule has 0 aliphatic carbocycles. The Labute approximate surface area is 94.7 Å². The summed E-state index contributed by atoms with van der Waals surface area (Å²) < 4.78 is 1.69. The van der Waals surface area contributed by atoms with E-state index in [9.17, 15) is 0 Å². The first kappa shape index (κ1) is 20.2. The minimum atomic E-state index is 0. The van der Waals surface area contributed by atoms with Crippen LogP contribution in [0.1, 0.15) is 0 Å². The van der Waals surface area contributed by atoms with Crippen molar-refractivity contribution in [2.75, 3.05) is 68.6 Å². The predicted octanol–water partition coefficient (Wildman–Crippen LogP) is -0.468. The molecule has 0 saturated heterocycles. The van der Waals surface area contributed by atoms with E-state index in [1.165, 1.54) is 0 Å². The topological polar surface area (TPSA) is 75.5 Å². The SMILES string of the molecule is C[N+](C)(C)CCO.C[N+](C)(C)CCO.N. The molecule has 0 bridgehead atoms. The Morgan fingerprint density at radius 3 is 0.867 bits per heavy atom. The number of likely N-dealkylation sites (N-methyl/N-ethyl adjacent to an activating group) is 2. The van der Waals surface area contributed by atoms with Crippen molar-refractivity contribution in [2.45, 2.75) is 0 Å². The van der Waals surface area contributed by atoms with E-state index in [1.54, 1.807) is 0 Å². The molecule has 0 radical (unpaired) electrons. The summed E-state index contributed by atoms with van der Waals surface area (Å²) in [7, 11) is 12.3. The van der Waals surface area contributed by atoms with Crippen molar-refractivity contribution in [2.24, 2.45) is 0 Å². The van der Waals surface area contributed by atoms with Gasteiger partial charge < -0.3 is 25.3 Å². The first-order valence-electron chi connectivity index (χ1n) is 4.95. The Morgan fingerprint density at radius 2 is 0.867 bits per heavy atom. The van der Waals surface area contributed by atoms with Gasteiger partial charge in [0, 0.05) is 0 Å². The maximum absolute atomic E-state index is 8.39. The van der Waals surface area contributed by atoms with Crippen LogP contribution in [0, 0.1) is 0 Å². The third kappa shape index (κ3) is 31.6. The monoisotopic (exact) mass is 225 g/mol. The summed E-state index contributed by atoms with van der Waals surface area (Å²) in [5.41, 5.74) is 0. The van der Waals surface area contributed by atoms with Crippen LogP contribution in [0.25, 0.3) is 0 Å². The van der Waals surface area contributed by atoms with E-state index in [0.29, 0.717) is 0 Å². The fourth-order valence-corrected chi connectivity index (χ4v) is 0.600. The quantitative estimate of drug-likeness (QED) is 0.566. The molecule has 5 heteroatoms. The molecule has 0 amide bonds.